The molecule has 0 heterocycles. The quantitative estimate of drug-likeness (QED) is 0.281. The fraction of sp³-hybridized carbons (Fsp3) is 0.286. The van der Waals surface area contributed by atoms with Crippen molar-refractivity contribution in [3.8, 4) is 0 Å². The molecule has 0 spiro atoms. The van der Waals surface area contributed by atoms with Gasteiger partial charge in [0.15, 0.2) is 0 Å². The van der Waals surface area contributed by atoms with Crippen molar-refractivity contribution in [2.45, 2.75) is 26.2 Å². The number of halogens is 3. The molecule has 1 nitrogen and oxygen atoms in total. The Morgan fingerprint density at radius 2 is 1.84 bits per heavy atom. The fourth-order valence-electron chi connectivity index (χ4n) is 1.55. The molecule has 0 aliphatic rings. The SMILES string of the molecule is C=CC/C(O)=C(/CC)Cc1ccccc1.[I-].[I][Sm][I]. The molecule has 0 saturated carbocycles. The van der Waals surface area contributed by atoms with Gasteiger partial charge in [0.05, 0.1) is 5.76 Å². The zero-order chi connectivity index (χ0) is 13.8. The molecule has 19 heavy (non-hydrogen) atoms. The second kappa shape index (κ2) is 16.4. The first kappa shape index (κ1) is 23.3. The number of hydrogen-bond acceptors (Lipinski definition) is 1. The fourth-order valence-corrected chi connectivity index (χ4v) is 1.55. The van der Waals surface area contributed by atoms with Gasteiger partial charge in [-0.1, -0.05) is 43.3 Å². The van der Waals surface area contributed by atoms with E-state index >= 15 is 0 Å². The van der Waals surface area contributed by atoms with Crippen LogP contribution in [0.1, 0.15) is 25.3 Å². The van der Waals surface area contributed by atoms with Crippen LogP contribution in [0.15, 0.2) is 54.3 Å². The second-order valence-electron chi connectivity index (χ2n) is 3.62. The molecule has 5 heteroatoms. The van der Waals surface area contributed by atoms with E-state index in [1.807, 2.05) is 18.2 Å². The molecular formula is C14H18I3OSm-. The van der Waals surface area contributed by atoms with E-state index < -0.39 is 0 Å². The van der Waals surface area contributed by atoms with Crippen LogP contribution in [0.5, 0.6) is 0 Å². The summed E-state index contributed by atoms with van der Waals surface area (Å²) in [5.41, 5.74) is 2.34. The van der Waals surface area contributed by atoms with Crippen LogP contribution in [0.25, 0.3) is 0 Å². The number of allylic oxidation sites excluding steroid dienone is 2. The molecule has 0 radical (unpaired) electrons. The molecule has 108 valence electrons. The van der Waals surface area contributed by atoms with Crippen LogP contribution in [-0.2, 0) is 6.42 Å². The first-order chi connectivity index (χ1) is 8.69. The van der Waals surface area contributed by atoms with Crippen molar-refractivity contribution in [2.24, 2.45) is 0 Å². The van der Waals surface area contributed by atoms with Gasteiger partial charge in [-0.15, -0.1) is 6.58 Å². The van der Waals surface area contributed by atoms with Crippen LogP contribution in [0.2, 0.25) is 0 Å². The van der Waals surface area contributed by atoms with Gasteiger partial charge in [0.1, 0.15) is 0 Å². The molecule has 0 bridgehead atoms. The number of hydrogen-bond donors (Lipinski definition) is 1. The van der Waals surface area contributed by atoms with E-state index in [1.54, 1.807) is 6.08 Å². The third-order valence-electron chi connectivity index (χ3n) is 2.43. The van der Waals surface area contributed by atoms with Crippen molar-refractivity contribution in [1.29, 1.82) is 0 Å². The minimum absolute atomic E-state index is 0. The average Bonchev–Trinajstić information content (AvgIpc) is 2.38. The van der Waals surface area contributed by atoms with E-state index in [2.05, 4.69) is 54.2 Å². The maximum atomic E-state index is 9.78. The molecule has 1 aromatic carbocycles. The summed E-state index contributed by atoms with van der Waals surface area (Å²) in [5.74, 6) is 0.469. The second-order valence-corrected chi connectivity index (χ2v) is 23.0. The Balaban J connectivity index is 0. The summed E-state index contributed by atoms with van der Waals surface area (Å²) in [6.07, 6.45) is 4.01. The molecule has 0 aliphatic carbocycles. The van der Waals surface area contributed by atoms with Gasteiger partial charge in [-0.3, -0.25) is 0 Å². The summed E-state index contributed by atoms with van der Waals surface area (Å²) in [5, 5.41) is 9.78. The Morgan fingerprint density at radius 3 is 2.26 bits per heavy atom. The van der Waals surface area contributed by atoms with Crippen molar-refractivity contribution >= 4 is 28.6 Å². The van der Waals surface area contributed by atoms with Crippen LogP contribution in [0, 0.1) is 25.5 Å². The van der Waals surface area contributed by atoms with Crippen molar-refractivity contribution < 1.29 is 54.5 Å². The first-order valence-corrected chi connectivity index (χ1v) is 20.7. The average molecular weight is 733 g/mol. The summed E-state index contributed by atoms with van der Waals surface area (Å²) >= 11 is 5.07. The van der Waals surface area contributed by atoms with E-state index in [9.17, 15) is 5.11 Å². The van der Waals surface area contributed by atoms with Gasteiger partial charge in [0.25, 0.3) is 0 Å². The van der Waals surface area contributed by atoms with Crippen molar-refractivity contribution in [3.05, 3.63) is 59.9 Å². The number of aliphatic hydroxyl groups is 1. The molecule has 0 fully saturated rings. The van der Waals surface area contributed by atoms with Crippen LogP contribution >= 0.6 is 28.6 Å². The Morgan fingerprint density at radius 1 is 1.32 bits per heavy atom. The molecular weight excluding hydrogens is 715 g/mol. The Labute approximate surface area is 165 Å². The summed E-state index contributed by atoms with van der Waals surface area (Å²) in [4.78, 5) is 0. The topological polar surface area (TPSA) is 20.2 Å². The predicted molar refractivity (Wildman–Crippen MR) is 92.9 cm³/mol. The zero-order valence-electron chi connectivity index (χ0n) is 10.8. The summed E-state index contributed by atoms with van der Waals surface area (Å²) in [6, 6.07) is 10.2. The van der Waals surface area contributed by atoms with E-state index in [4.69, 9.17) is 0 Å². The Kier molecular flexibility index (Phi) is 20.1. The molecule has 0 aromatic heterocycles. The van der Waals surface area contributed by atoms with Crippen molar-refractivity contribution in [2.75, 3.05) is 0 Å². The number of rotatable bonds is 5. The molecule has 0 aliphatic heterocycles. The Hall–Kier alpha value is 2.03. The van der Waals surface area contributed by atoms with Gasteiger partial charge in [-0.2, -0.15) is 0 Å². The van der Waals surface area contributed by atoms with E-state index in [0.717, 1.165) is 18.4 Å². The monoisotopic (exact) mass is 735 g/mol. The van der Waals surface area contributed by atoms with Gasteiger partial charge in [-0.05, 0) is 24.0 Å². The van der Waals surface area contributed by atoms with Gasteiger partial charge < -0.3 is 29.1 Å². The van der Waals surface area contributed by atoms with Gasteiger partial charge >= 0.3 is 54.0 Å². The molecule has 0 atom stereocenters. The van der Waals surface area contributed by atoms with Crippen LogP contribution < -0.4 is 24.0 Å². The van der Waals surface area contributed by atoms with E-state index in [1.165, 1.54) is 5.56 Å². The standard InChI is InChI=1S/C14H18O.3HI.Sm/c1-3-8-14(15)13(4-2)11-12-9-6-5-7-10-12;;;;/h3,5-7,9-10,15H,1,4,8,11H2,2H3;3*1H;/q;;;;+2/p-3/b14-13+;;;;. The number of aliphatic hydroxyl groups excluding tert-OH is 1. The molecule has 0 amide bonds. The van der Waals surface area contributed by atoms with Gasteiger partial charge in [-0.25, -0.2) is 0 Å². The maximum absolute atomic E-state index is 9.78. The minimum atomic E-state index is 0. The predicted octanol–water partition coefficient (Wildman–Crippen LogP) is 2.80. The van der Waals surface area contributed by atoms with Gasteiger partial charge in [0.2, 0.25) is 0 Å². The zero-order valence-corrected chi connectivity index (χ0v) is 19.9. The normalized spacial score (nSPS) is 10.5. The summed E-state index contributed by atoms with van der Waals surface area (Å²) < 4.78 is 0. The molecule has 1 aromatic rings. The van der Waals surface area contributed by atoms with Crippen molar-refractivity contribution in [1.82, 2.24) is 0 Å². The van der Waals surface area contributed by atoms with Crippen LogP contribution in [-0.4, -0.2) is 5.11 Å². The number of benzene rings is 1. The van der Waals surface area contributed by atoms with Crippen LogP contribution in [0.3, 0.4) is 0 Å². The molecule has 1 rings (SSSR count). The third kappa shape index (κ3) is 12.3. The molecule has 1 N–H and O–H groups in total. The van der Waals surface area contributed by atoms with E-state index in [0.29, 0.717) is 12.2 Å². The first-order valence-electron chi connectivity index (χ1n) is 5.63. The Bertz CT molecular complexity index is 366. The molecule has 0 unspecified atom stereocenters. The van der Waals surface area contributed by atoms with Crippen molar-refractivity contribution in [3.63, 3.8) is 0 Å². The summed E-state index contributed by atoms with van der Waals surface area (Å²) in [6.45, 7) is 5.70. The van der Waals surface area contributed by atoms with Gasteiger partial charge in [0, 0.05) is 6.42 Å². The van der Waals surface area contributed by atoms with E-state index in [-0.39, 0.29) is 49.4 Å². The third-order valence-corrected chi connectivity index (χ3v) is 2.43. The van der Waals surface area contributed by atoms with Crippen LogP contribution in [0.4, 0.5) is 0 Å². The molecule has 0 saturated heterocycles. The summed E-state index contributed by atoms with van der Waals surface area (Å²) in [7, 11) is 0.